The average Bonchev–Trinajstić information content (AvgIpc) is 1.30. The van der Waals surface area contributed by atoms with Gasteiger partial charge in [0.2, 0.25) is 0 Å². The highest BCUT2D eigenvalue weighted by molar-refractivity contribution is 7.19. The van der Waals surface area contributed by atoms with Crippen LogP contribution in [0.3, 0.4) is 0 Å². The molecule has 7 heavy (non-hydrogen) atoms. The second kappa shape index (κ2) is 3.00. The summed E-state index contributed by atoms with van der Waals surface area (Å²) in [6, 6.07) is 0. The Morgan fingerprint density at radius 3 is 1.86 bits per heavy atom. The van der Waals surface area contributed by atoms with Gasteiger partial charge < -0.3 is 0 Å². The van der Waals surface area contributed by atoms with Crippen molar-refractivity contribution in [3.8, 4) is 0 Å². The molecule has 44 valence electrons. The standard InChI is InChI=1S/C5H14P2/c1-5(2,7)3-4-6/h3-4,6-7H2,1-2H3. The van der Waals surface area contributed by atoms with Crippen molar-refractivity contribution < 1.29 is 0 Å². The van der Waals surface area contributed by atoms with E-state index in [2.05, 4.69) is 32.3 Å². The van der Waals surface area contributed by atoms with Crippen LogP contribution in [0.5, 0.6) is 0 Å². The molecular weight excluding hydrogens is 122 g/mol. The molecule has 0 amide bonds. The summed E-state index contributed by atoms with van der Waals surface area (Å²) in [4.78, 5) is 0. The molecule has 2 heteroatoms. The molecule has 0 saturated heterocycles. The Hall–Kier alpha value is 0.860. The third-order valence-electron chi connectivity index (χ3n) is 0.789. The first-order chi connectivity index (χ1) is 3.06. The predicted octanol–water partition coefficient (Wildman–Crippen LogP) is 1.91. The molecule has 2 unspecified atom stereocenters. The Morgan fingerprint density at radius 2 is 1.86 bits per heavy atom. The van der Waals surface area contributed by atoms with Crippen LogP contribution in [-0.4, -0.2) is 11.3 Å². The summed E-state index contributed by atoms with van der Waals surface area (Å²) in [6.45, 7) is 4.45. The summed E-state index contributed by atoms with van der Waals surface area (Å²) >= 11 is 0. The summed E-state index contributed by atoms with van der Waals surface area (Å²) in [7, 11) is 5.55. The molecule has 0 aromatic carbocycles. The molecule has 0 aromatic heterocycles. The zero-order chi connectivity index (χ0) is 5.91. The van der Waals surface area contributed by atoms with E-state index in [0.29, 0.717) is 5.16 Å². The highest BCUT2D eigenvalue weighted by atomic mass is 31.0. The maximum atomic E-state index is 2.82. The van der Waals surface area contributed by atoms with Crippen molar-refractivity contribution in [2.75, 3.05) is 6.16 Å². The molecule has 0 nitrogen and oxygen atoms in total. The quantitative estimate of drug-likeness (QED) is 0.508. The van der Waals surface area contributed by atoms with Crippen molar-refractivity contribution in [1.29, 1.82) is 0 Å². The van der Waals surface area contributed by atoms with Crippen LogP contribution in [0.4, 0.5) is 0 Å². The topological polar surface area (TPSA) is 0 Å². The maximum Gasteiger partial charge on any atom is -0.0203 e. The molecule has 0 aliphatic rings. The maximum absolute atomic E-state index is 2.82. The summed E-state index contributed by atoms with van der Waals surface area (Å²) in [5, 5.41) is 0.446. The largest absolute Gasteiger partial charge is 0.138 e. The smallest absolute Gasteiger partial charge is 0.0203 e. The van der Waals surface area contributed by atoms with Crippen LogP contribution in [0.2, 0.25) is 0 Å². The summed E-state index contributed by atoms with van der Waals surface area (Å²) in [5.41, 5.74) is 0. The van der Waals surface area contributed by atoms with Gasteiger partial charge in [-0.25, -0.2) is 0 Å². The first-order valence-electron chi connectivity index (χ1n) is 2.55. The molecule has 0 heterocycles. The molecule has 2 atom stereocenters. The Kier molecular flexibility index (Phi) is 3.37. The van der Waals surface area contributed by atoms with Gasteiger partial charge in [0.25, 0.3) is 0 Å². The summed E-state index contributed by atoms with van der Waals surface area (Å²) < 4.78 is 0. The lowest BCUT2D eigenvalue weighted by molar-refractivity contribution is 0.691. The summed E-state index contributed by atoms with van der Waals surface area (Å²) in [5.74, 6) is 0. The molecule has 0 bridgehead atoms. The number of hydrogen-bond acceptors (Lipinski definition) is 0. The second-order valence-corrected chi connectivity index (χ2v) is 4.67. The van der Waals surface area contributed by atoms with Crippen LogP contribution < -0.4 is 0 Å². The lowest BCUT2D eigenvalue weighted by atomic mass is 10.1. The van der Waals surface area contributed by atoms with Gasteiger partial charge in [0.15, 0.2) is 0 Å². The lowest BCUT2D eigenvalue weighted by Gasteiger charge is -2.15. The van der Waals surface area contributed by atoms with E-state index < -0.39 is 0 Å². The van der Waals surface area contributed by atoms with E-state index in [9.17, 15) is 0 Å². The highest BCUT2D eigenvalue weighted by Gasteiger charge is 2.06. The highest BCUT2D eigenvalue weighted by Crippen LogP contribution is 2.20. The van der Waals surface area contributed by atoms with Crippen molar-refractivity contribution in [1.82, 2.24) is 0 Å². The van der Waals surface area contributed by atoms with Crippen molar-refractivity contribution in [2.24, 2.45) is 0 Å². The molecule has 0 aliphatic heterocycles. The van der Waals surface area contributed by atoms with Gasteiger partial charge in [0.1, 0.15) is 0 Å². The first-order valence-corrected chi connectivity index (χ1v) is 3.94. The lowest BCUT2D eigenvalue weighted by Crippen LogP contribution is -2.08. The average molecular weight is 136 g/mol. The van der Waals surface area contributed by atoms with Crippen LogP contribution in [0, 0.1) is 0 Å². The van der Waals surface area contributed by atoms with E-state index in [4.69, 9.17) is 0 Å². The van der Waals surface area contributed by atoms with Gasteiger partial charge in [-0.3, -0.25) is 0 Å². The van der Waals surface area contributed by atoms with E-state index in [0.717, 1.165) is 0 Å². The molecule has 0 radical (unpaired) electrons. The molecule has 0 fully saturated rings. The van der Waals surface area contributed by atoms with E-state index in [1.54, 1.807) is 0 Å². The van der Waals surface area contributed by atoms with Gasteiger partial charge in [-0.15, -0.1) is 18.5 Å². The third kappa shape index (κ3) is 6.86. The minimum absolute atomic E-state index is 0.446. The Balaban J connectivity index is 3.15. The van der Waals surface area contributed by atoms with Crippen molar-refractivity contribution in [3.63, 3.8) is 0 Å². The van der Waals surface area contributed by atoms with Gasteiger partial charge >= 0.3 is 0 Å². The fourth-order valence-corrected chi connectivity index (χ4v) is 1.62. The Morgan fingerprint density at radius 1 is 1.43 bits per heavy atom. The normalized spacial score (nSPS) is 12.0. The van der Waals surface area contributed by atoms with Crippen molar-refractivity contribution >= 4 is 18.5 Å². The van der Waals surface area contributed by atoms with E-state index in [1.165, 1.54) is 12.6 Å². The zero-order valence-corrected chi connectivity index (χ0v) is 7.38. The summed E-state index contributed by atoms with van der Waals surface area (Å²) in [6.07, 6.45) is 2.47. The molecule has 0 N–H and O–H groups in total. The number of rotatable bonds is 2. The number of hydrogen-bond donors (Lipinski definition) is 0. The molecule has 0 aromatic rings. The third-order valence-corrected chi connectivity index (χ3v) is 1.37. The second-order valence-electron chi connectivity index (χ2n) is 2.53. The molecule has 0 rings (SSSR count). The van der Waals surface area contributed by atoms with Gasteiger partial charge in [0.05, 0.1) is 0 Å². The molecule has 0 saturated carbocycles. The van der Waals surface area contributed by atoms with Gasteiger partial charge in [0, 0.05) is 0 Å². The van der Waals surface area contributed by atoms with E-state index in [1.807, 2.05) is 0 Å². The Labute approximate surface area is 50.9 Å². The fourth-order valence-electron chi connectivity index (χ4n) is 0.372. The van der Waals surface area contributed by atoms with Crippen LogP contribution in [0.15, 0.2) is 0 Å². The van der Waals surface area contributed by atoms with E-state index >= 15 is 0 Å². The minimum Gasteiger partial charge on any atom is -0.138 e. The van der Waals surface area contributed by atoms with Gasteiger partial charge in [-0.1, -0.05) is 13.8 Å². The van der Waals surface area contributed by atoms with Crippen LogP contribution in [0.1, 0.15) is 20.3 Å². The van der Waals surface area contributed by atoms with Crippen LogP contribution in [0.25, 0.3) is 0 Å². The first kappa shape index (κ1) is 7.86. The van der Waals surface area contributed by atoms with Crippen molar-refractivity contribution in [2.45, 2.75) is 25.4 Å². The SMILES string of the molecule is CC(C)(P)CCP. The monoisotopic (exact) mass is 136 g/mol. The van der Waals surface area contributed by atoms with Gasteiger partial charge in [-0.05, 0) is 17.7 Å². The van der Waals surface area contributed by atoms with Crippen LogP contribution >= 0.6 is 18.5 Å². The van der Waals surface area contributed by atoms with Crippen molar-refractivity contribution in [3.05, 3.63) is 0 Å². The van der Waals surface area contributed by atoms with Gasteiger partial charge in [-0.2, -0.15) is 0 Å². The predicted molar refractivity (Wildman–Crippen MR) is 43.0 cm³/mol. The van der Waals surface area contributed by atoms with E-state index in [-0.39, 0.29) is 0 Å². The molecule has 0 aliphatic carbocycles. The molecular formula is C5H14P2. The minimum atomic E-state index is 0.446. The Bertz CT molecular complexity index is 44.5. The fraction of sp³-hybridized carbons (Fsp3) is 1.00. The molecule has 0 spiro atoms. The zero-order valence-electron chi connectivity index (χ0n) is 5.07. The van der Waals surface area contributed by atoms with Crippen LogP contribution in [-0.2, 0) is 0 Å².